The van der Waals surface area contributed by atoms with Crippen molar-refractivity contribution in [2.24, 2.45) is 0 Å². The molecule has 1 saturated heterocycles. The van der Waals surface area contributed by atoms with E-state index in [1.54, 1.807) is 17.2 Å². The van der Waals surface area contributed by atoms with E-state index in [1.807, 2.05) is 32.6 Å². The molecule has 2 aliphatic heterocycles. The average Bonchev–Trinajstić information content (AvgIpc) is 3.16. The van der Waals surface area contributed by atoms with Gasteiger partial charge in [-0.3, -0.25) is 14.3 Å². The Bertz CT molecular complexity index is 2010. The molecular weight excluding hydrogens is 677 g/mol. The average molecular weight is 706 g/mol. The van der Waals surface area contributed by atoms with E-state index in [4.69, 9.17) is 40.5 Å². The number of rotatable bonds is 4. The minimum atomic E-state index is -1.01. The Morgan fingerprint density at radius 2 is 1.89 bits per heavy atom. The molecule has 0 spiro atoms. The number of benzene rings is 2. The number of anilines is 2. The van der Waals surface area contributed by atoms with Gasteiger partial charge < -0.3 is 15.5 Å². The number of nitrogens with two attached hydrogens (primary N) is 1. The number of nitrogen functional groups attached to an aromatic ring is 1. The zero-order chi connectivity index (χ0) is 33.4. The standard InChI is InChI=1S/C32H29Cl3F2N6O2S/c1-6-19(44)41-11-16-12-46-30-22-29(23(35)20(25(30)37)21-24(36)17(33)9-18(34)26(21)38)43(28-14(4)7-8-39-27(28)13(2)3)32(45)40-31(22)42(16)10-15(41)5/h6-9,13,15-16H,1,10-12,38H2,2-5H3. The first-order valence-corrected chi connectivity index (χ1v) is 16.6. The van der Waals surface area contributed by atoms with Crippen molar-refractivity contribution < 1.29 is 13.6 Å². The van der Waals surface area contributed by atoms with E-state index in [2.05, 4.69) is 16.5 Å². The van der Waals surface area contributed by atoms with Gasteiger partial charge in [0.15, 0.2) is 5.82 Å². The first-order valence-electron chi connectivity index (χ1n) is 14.5. The molecule has 2 aromatic heterocycles. The fraction of sp³-hybridized carbons (Fsp3) is 0.312. The summed E-state index contributed by atoms with van der Waals surface area (Å²) in [6, 6.07) is 2.26. The normalized spacial score (nSPS) is 17.8. The minimum Gasteiger partial charge on any atom is -0.397 e. The van der Waals surface area contributed by atoms with Crippen molar-refractivity contribution in [1.29, 1.82) is 0 Å². The summed E-state index contributed by atoms with van der Waals surface area (Å²) in [5.41, 5.74) is 6.34. The molecule has 6 rings (SSSR count). The van der Waals surface area contributed by atoms with Gasteiger partial charge in [-0.2, -0.15) is 4.98 Å². The third-order valence-corrected chi connectivity index (χ3v) is 10.7. The van der Waals surface area contributed by atoms with Crippen molar-refractivity contribution in [2.75, 3.05) is 29.5 Å². The summed E-state index contributed by atoms with van der Waals surface area (Å²) < 4.78 is 34.2. The summed E-state index contributed by atoms with van der Waals surface area (Å²) in [6.45, 7) is 11.8. The lowest BCUT2D eigenvalue weighted by molar-refractivity contribution is -0.128. The molecule has 1 fully saturated rings. The Morgan fingerprint density at radius 1 is 1.17 bits per heavy atom. The Labute approximate surface area is 283 Å². The molecule has 14 heteroatoms. The number of amides is 1. The van der Waals surface area contributed by atoms with Crippen molar-refractivity contribution in [1.82, 2.24) is 19.4 Å². The topological polar surface area (TPSA) is 97.3 Å². The molecule has 4 heterocycles. The lowest BCUT2D eigenvalue weighted by Gasteiger charge is -2.45. The fourth-order valence-corrected chi connectivity index (χ4v) is 8.34. The Balaban J connectivity index is 1.79. The molecule has 2 aromatic carbocycles. The first-order chi connectivity index (χ1) is 21.8. The molecule has 2 unspecified atom stereocenters. The second-order valence-corrected chi connectivity index (χ2v) is 14.0. The maximum atomic E-state index is 17.1. The third kappa shape index (κ3) is 4.94. The van der Waals surface area contributed by atoms with Crippen molar-refractivity contribution in [2.45, 2.75) is 50.6 Å². The Kier molecular flexibility index (Phi) is 8.50. The Hall–Kier alpha value is -3.38. The number of thioether (sulfide) groups is 1. The molecule has 8 nitrogen and oxygen atoms in total. The molecule has 0 aliphatic carbocycles. The van der Waals surface area contributed by atoms with Crippen molar-refractivity contribution in [3.63, 3.8) is 0 Å². The smallest absolute Gasteiger partial charge is 0.354 e. The highest BCUT2D eigenvalue weighted by molar-refractivity contribution is 7.99. The number of fused-ring (bicyclic) bond motifs is 2. The second kappa shape index (κ2) is 12.0. The van der Waals surface area contributed by atoms with Gasteiger partial charge in [-0.15, -0.1) is 11.8 Å². The molecule has 46 heavy (non-hydrogen) atoms. The number of aryl methyl sites for hydroxylation is 1. The molecular formula is C32H29Cl3F2N6O2S. The summed E-state index contributed by atoms with van der Waals surface area (Å²) in [5, 5.41) is -0.462. The van der Waals surface area contributed by atoms with Crippen LogP contribution < -0.4 is 16.3 Å². The number of pyridine rings is 1. The van der Waals surface area contributed by atoms with Gasteiger partial charge in [0.25, 0.3) is 0 Å². The lowest BCUT2D eigenvalue weighted by atomic mass is 9.98. The van der Waals surface area contributed by atoms with E-state index < -0.39 is 22.9 Å². The maximum absolute atomic E-state index is 17.1. The van der Waals surface area contributed by atoms with Crippen LogP contribution >= 0.6 is 46.6 Å². The highest BCUT2D eigenvalue weighted by Gasteiger charge is 2.40. The van der Waals surface area contributed by atoms with Crippen LogP contribution in [0, 0.1) is 18.6 Å². The van der Waals surface area contributed by atoms with Crippen LogP contribution in [0.1, 0.15) is 37.9 Å². The number of carbonyl (C=O) groups excluding carboxylic acids is 1. The summed E-state index contributed by atoms with van der Waals surface area (Å²) in [4.78, 5) is 39.9. The molecule has 2 N–H and O–H groups in total. The lowest BCUT2D eigenvalue weighted by Crippen LogP contribution is -2.60. The van der Waals surface area contributed by atoms with Gasteiger partial charge in [0.05, 0.1) is 54.0 Å². The first kappa shape index (κ1) is 32.6. The number of hydrogen-bond donors (Lipinski definition) is 1. The maximum Gasteiger partial charge on any atom is 0.354 e. The molecule has 1 amide bonds. The van der Waals surface area contributed by atoms with E-state index in [-0.39, 0.29) is 78.4 Å². The van der Waals surface area contributed by atoms with Gasteiger partial charge in [-0.05, 0) is 43.5 Å². The van der Waals surface area contributed by atoms with Crippen molar-refractivity contribution in [3.05, 3.63) is 79.4 Å². The van der Waals surface area contributed by atoms with Crippen molar-refractivity contribution >= 4 is 74.9 Å². The van der Waals surface area contributed by atoms with Gasteiger partial charge in [-0.1, -0.05) is 55.2 Å². The van der Waals surface area contributed by atoms with Gasteiger partial charge in [-0.25, -0.2) is 13.6 Å². The highest BCUT2D eigenvalue weighted by atomic mass is 35.5. The van der Waals surface area contributed by atoms with E-state index in [9.17, 15) is 9.59 Å². The van der Waals surface area contributed by atoms with Gasteiger partial charge in [0, 0.05) is 42.2 Å². The number of piperazine rings is 1. The fourth-order valence-electron chi connectivity index (χ4n) is 6.32. The highest BCUT2D eigenvalue weighted by Crippen LogP contribution is 2.51. The predicted octanol–water partition coefficient (Wildman–Crippen LogP) is 7.40. The summed E-state index contributed by atoms with van der Waals surface area (Å²) >= 11 is 20.8. The van der Waals surface area contributed by atoms with Crippen LogP contribution in [-0.2, 0) is 4.79 Å². The molecule has 0 saturated carbocycles. The zero-order valence-corrected chi connectivity index (χ0v) is 28.4. The van der Waals surface area contributed by atoms with E-state index in [0.29, 0.717) is 29.2 Å². The summed E-state index contributed by atoms with van der Waals surface area (Å²) in [6.07, 6.45) is 2.90. The molecule has 240 valence electrons. The third-order valence-electron chi connectivity index (χ3n) is 8.53. The number of aromatic nitrogens is 3. The van der Waals surface area contributed by atoms with Crippen LogP contribution in [0.25, 0.3) is 27.7 Å². The number of nitrogens with zero attached hydrogens (tertiary/aromatic N) is 5. The van der Waals surface area contributed by atoms with Crippen LogP contribution in [-0.4, -0.2) is 56.3 Å². The summed E-state index contributed by atoms with van der Waals surface area (Å²) in [7, 11) is 0. The van der Waals surface area contributed by atoms with Crippen LogP contribution in [0.15, 0.2) is 40.7 Å². The van der Waals surface area contributed by atoms with Gasteiger partial charge in [0.2, 0.25) is 5.91 Å². The van der Waals surface area contributed by atoms with Crippen LogP contribution in [0.5, 0.6) is 0 Å². The second-order valence-electron chi connectivity index (χ2n) is 11.7. The molecule has 0 radical (unpaired) electrons. The number of carbonyl (C=O) groups is 1. The van der Waals surface area contributed by atoms with Gasteiger partial charge in [0.1, 0.15) is 11.6 Å². The quantitative estimate of drug-likeness (QED) is 0.134. The molecule has 2 aliphatic rings. The van der Waals surface area contributed by atoms with Gasteiger partial charge >= 0.3 is 5.69 Å². The minimum absolute atomic E-state index is 0.0911. The van der Waals surface area contributed by atoms with E-state index >= 15 is 8.78 Å². The number of halogens is 5. The van der Waals surface area contributed by atoms with Crippen molar-refractivity contribution in [3.8, 4) is 16.8 Å². The zero-order valence-electron chi connectivity index (χ0n) is 25.3. The largest absolute Gasteiger partial charge is 0.397 e. The van der Waals surface area contributed by atoms with Crippen LogP contribution in [0.4, 0.5) is 20.3 Å². The monoisotopic (exact) mass is 704 g/mol. The summed E-state index contributed by atoms with van der Waals surface area (Å²) in [5.74, 6) is -1.71. The predicted molar refractivity (Wildman–Crippen MR) is 182 cm³/mol. The molecule has 4 aromatic rings. The SMILES string of the molecule is C=CC(=O)N1CC2CSc3c(F)c(-c4c(N)c(Cl)cc(Cl)c4F)c(Cl)c4c3c(nc(=O)n4-c3c(C)ccnc3C(C)C)N2CC1C. The molecule has 2 atom stereocenters. The van der Waals surface area contributed by atoms with Crippen LogP contribution in [0.3, 0.4) is 0 Å². The van der Waals surface area contributed by atoms with Crippen LogP contribution in [0.2, 0.25) is 15.1 Å². The Morgan fingerprint density at radius 3 is 2.57 bits per heavy atom. The van der Waals surface area contributed by atoms with E-state index in [1.165, 1.54) is 10.6 Å². The molecule has 0 bridgehead atoms. The van der Waals surface area contributed by atoms with E-state index in [0.717, 1.165) is 17.8 Å². The number of hydrogen-bond acceptors (Lipinski definition) is 7.